The molecule has 85 valence electrons. The quantitative estimate of drug-likeness (QED) is 0.680. The molecular weight excluding hydrogens is 279 g/mol. The third-order valence-electron chi connectivity index (χ3n) is 2.08. The van der Waals surface area contributed by atoms with Gasteiger partial charge in [-0.05, 0) is 13.0 Å². The smallest absolute Gasteiger partial charge is 0.306 e. The first-order valence-corrected chi connectivity index (χ1v) is 5.02. The van der Waals surface area contributed by atoms with Gasteiger partial charge >= 0.3 is 5.97 Å². The maximum absolute atomic E-state index is 11.2. The van der Waals surface area contributed by atoms with E-state index in [4.69, 9.17) is 10.5 Å². The first-order valence-electron chi connectivity index (χ1n) is 5.02. The summed E-state index contributed by atoms with van der Waals surface area (Å²) in [5.74, 6) is -0.258. The molecule has 16 heavy (non-hydrogen) atoms. The average molecular weight is 295 g/mol. The Balaban J connectivity index is 0.00000225. The Kier molecular flexibility index (Phi) is 7.81. The molecule has 1 atom stereocenters. The van der Waals surface area contributed by atoms with Crippen molar-refractivity contribution >= 4 is 5.97 Å². The van der Waals surface area contributed by atoms with Crippen molar-refractivity contribution in [2.75, 3.05) is 6.61 Å². The molecule has 0 fully saturated rings. The number of carbonyl (C=O) groups is 1. The van der Waals surface area contributed by atoms with Crippen molar-refractivity contribution in [1.29, 1.82) is 0 Å². The van der Waals surface area contributed by atoms with Crippen LogP contribution in [0.1, 0.15) is 30.5 Å². The molecule has 1 radical (unpaired) electrons. The standard InChI is InChI=1S/C12H16NO2.Y/c1-3-15-12(14)8-11(13)10-6-4-5-9(2)7-10;/h5-7,11H,3,8,13H2,1-2H3;/q-1;. The van der Waals surface area contributed by atoms with Crippen LogP contribution >= 0.6 is 0 Å². The van der Waals surface area contributed by atoms with Crippen LogP contribution in [0, 0.1) is 13.0 Å². The van der Waals surface area contributed by atoms with Crippen molar-refractivity contribution in [3.05, 3.63) is 35.4 Å². The Morgan fingerprint density at radius 2 is 2.25 bits per heavy atom. The monoisotopic (exact) mass is 295 g/mol. The number of benzene rings is 1. The van der Waals surface area contributed by atoms with Gasteiger partial charge in [-0.2, -0.15) is 29.8 Å². The van der Waals surface area contributed by atoms with Crippen molar-refractivity contribution in [2.24, 2.45) is 5.73 Å². The van der Waals surface area contributed by atoms with Gasteiger partial charge < -0.3 is 10.5 Å². The van der Waals surface area contributed by atoms with Crippen molar-refractivity contribution in [1.82, 2.24) is 0 Å². The van der Waals surface area contributed by atoms with Crippen LogP contribution in [-0.4, -0.2) is 12.6 Å². The van der Waals surface area contributed by atoms with Crippen molar-refractivity contribution in [3.63, 3.8) is 0 Å². The third kappa shape index (κ3) is 5.19. The van der Waals surface area contributed by atoms with E-state index in [-0.39, 0.29) is 51.1 Å². The Hall–Kier alpha value is -0.246. The van der Waals surface area contributed by atoms with E-state index in [2.05, 4.69) is 6.07 Å². The van der Waals surface area contributed by atoms with Gasteiger partial charge in [-0.25, -0.2) is 0 Å². The molecule has 1 aromatic rings. The minimum atomic E-state index is -0.305. The van der Waals surface area contributed by atoms with Crippen LogP contribution < -0.4 is 5.73 Å². The molecule has 0 saturated carbocycles. The Morgan fingerprint density at radius 3 is 2.81 bits per heavy atom. The molecular formula is C12H16NO2Y-. The zero-order valence-corrected chi connectivity index (χ0v) is 12.5. The minimum Gasteiger partial charge on any atom is -0.466 e. The SMILES string of the molecule is CCOC(=O)CC(N)c1c[c-]cc(C)c1.[Y]. The van der Waals surface area contributed by atoms with Gasteiger partial charge in [0.1, 0.15) is 0 Å². The molecule has 1 rings (SSSR count). The zero-order valence-electron chi connectivity index (χ0n) is 9.69. The number of carbonyl (C=O) groups excluding carboxylic acids is 1. The molecule has 3 nitrogen and oxygen atoms in total. The fourth-order valence-corrected chi connectivity index (χ4v) is 1.35. The minimum absolute atomic E-state index is 0. The van der Waals surface area contributed by atoms with Crippen LogP contribution in [0.4, 0.5) is 0 Å². The number of aryl methyl sites for hydroxylation is 1. The predicted octanol–water partition coefficient (Wildman–Crippen LogP) is 1.75. The molecule has 0 aliphatic heterocycles. The number of ether oxygens (including phenoxy) is 1. The van der Waals surface area contributed by atoms with E-state index < -0.39 is 0 Å². The first-order chi connectivity index (χ1) is 7.13. The molecule has 0 spiro atoms. The van der Waals surface area contributed by atoms with E-state index in [1.807, 2.05) is 19.1 Å². The molecule has 4 heteroatoms. The molecule has 2 N–H and O–H groups in total. The molecule has 1 aromatic carbocycles. The van der Waals surface area contributed by atoms with Crippen LogP contribution in [0.5, 0.6) is 0 Å². The topological polar surface area (TPSA) is 52.3 Å². The van der Waals surface area contributed by atoms with Gasteiger partial charge in [0, 0.05) is 32.7 Å². The Bertz CT molecular complexity index is 342. The summed E-state index contributed by atoms with van der Waals surface area (Å²) in [4.78, 5) is 11.2. The summed E-state index contributed by atoms with van der Waals surface area (Å²) in [6.07, 6.45) is 0.213. The fourth-order valence-electron chi connectivity index (χ4n) is 1.35. The average Bonchev–Trinajstić information content (AvgIpc) is 2.18. The summed E-state index contributed by atoms with van der Waals surface area (Å²) in [5, 5.41) is 0. The van der Waals surface area contributed by atoms with Gasteiger partial charge in [-0.3, -0.25) is 4.79 Å². The van der Waals surface area contributed by atoms with E-state index in [0.717, 1.165) is 11.1 Å². The molecule has 0 aromatic heterocycles. The number of hydrogen-bond acceptors (Lipinski definition) is 3. The number of rotatable bonds is 4. The maximum atomic E-state index is 11.2. The van der Waals surface area contributed by atoms with Crippen LogP contribution in [0.2, 0.25) is 0 Å². The summed E-state index contributed by atoms with van der Waals surface area (Å²) in [5.41, 5.74) is 7.88. The third-order valence-corrected chi connectivity index (χ3v) is 2.08. The molecule has 0 aliphatic rings. The largest absolute Gasteiger partial charge is 0.466 e. The van der Waals surface area contributed by atoms with Crippen molar-refractivity contribution < 1.29 is 42.2 Å². The van der Waals surface area contributed by atoms with E-state index in [1.54, 1.807) is 13.0 Å². The van der Waals surface area contributed by atoms with Crippen LogP contribution in [0.3, 0.4) is 0 Å². The summed E-state index contributed by atoms with van der Waals surface area (Å²) < 4.78 is 4.84. The molecule has 0 saturated heterocycles. The van der Waals surface area contributed by atoms with Gasteiger partial charge in [0.2, 0.25) is 0 Å². The molecule has 0 aliphatic carbocycles. The van der Waals surface area contributed by atoms with E-state index in [1.165, 1.54) is 0 Å². The van der Waals surface area contributed by atoms with Gasteiger partial charge in [0.15, 0.2) is 0 Å². The summed E-state index contributed by atoms with van der Waals surface area (Å²) in [6.45, 7) is 4.15. The first kappa shape index (κ1) is 15.8. The molecule has 0 amide bonds. The van der Waals surface area contributed by atoms with Crippen molar-refractivity contribution in [3.8, 4) is 0 Å². The normalized spacial score (nSPS) is 11.4. The van der Waals surface area contributed by atoms with Crippen LogP contribution in [0.15, 0.2) is 18.2 Å². The second kappa shape index (κ2) is 7.94. The second-order valence-corrected chi connectivity index (χ2v) is 3.46. The van der Waals surface area contributed by atoms with Crippen LogP contribution in [0.25, 0.3) is 0 Å². The fraction of sp³-hybridized carbons (Fsp3) is 0.417. The summed E-state index contributed by atoms with van der Waals surface area (Å²) in [6, 6.07) is 8.31. The van der Waals surface area contributed by atoms with Gasteiger partial charge in [0.05, 0.1) is 13.0 Å². The van der Waals surface area contributed by atoms with Gasteiger partial charge in [-0.15, -0.1) is 5.56 Å². The van der Waals surface area contributed by atoms with Gasteiger partial charge in [-0.1, -0.05) is 6.92 Å². The number of nitrogens with two attached hydrogens (primary N) is 1. The van der Waals surface area contributed by atoms with E-state index >= 15 is 0 Å². The van der Waals surface area contributed by atoms with Crippen LogP contribution in [-0.2, 0) is 42.2 Å². The Morgan fingerprint density at radius 1 is 1.56 bits per heavy atom. The zero-order chi connectivity index (χ0) is 11.3. The van der Waals surface area contributed by atoms with Crippen molar-refractivity contribution in [2.45, 2.75) is 26.3 Å². The summed E-state index contributed by atoms with van der Waals surface area (Å²) >= 11 is 0. The molecule has 0 heterocycles. The maximum Gasteiger partial charge on any atom is 0.306 e. The number of hydrogen-bond donors (Lipinski definition) is 1. The molecule has 0 bridgehead atoms. The van der Waals surface area contributed by atoms with Gasteiger partial charge in [0.25, 0.3) is 0 Å². The predicted molar refractivity (Wildman–Crippen MR) is 58.2 cm³/mol. The molecule has 1 unspecified atom stereocenters. The van der Waals surface area contributed by atoms with E-state index in [9.17, 15) is 4.79 Å². The van der Waals surface area contributed by atoms with E-state index in [0.29, 0.717) is 6.61 Å². The second-order valence-electron chi connectivity index (χ2n) is 3.46. The summed E-state index contributed by atoms with van der Waals surface area (Å²) in [7, 11) is 0. The number of esters is 1. The Labute approximate surface area is 122 Å².